The van der Waals surface area contributed by atoms with Crippen molar-refractivity contribution >= 4 is 35.3 Å². The summed E-state index contributed by atoms with van der Waals surface area (Å²) >= 11 is 0. The Bertz CT molecular complexity index is 1920. The highest BCUT2D eigenvalue weighted by molar-refractivity contribution is 5.97. The second-order valence-corrected chi connectivity index (χ2v) is 11.5. The molecule has 4 aromatic rings. The van der Waals surface area contributed by atoms with Gasteiger partial charge in [-0.25, -0.2) is 0 Å². The quantitative estimate of drug-likeness (QED) is 0.0558. The van der Waals surface area contributed by atoms with Crippen LogP contribution in [0.3, 0.4) is 0 Å². The number of carbonyl (C=O) groups is 4. The summed E-state index contributed by atoms with van der Waals surface area (Å²) in [4.78, 5) is 48.2. The van der Waals surface area contributed by atoms with Crippen LogP contribution in [0.2, 0.25) is 0 Å². The topological polar surface area (TPSA) is 143 Å². The molecule has 0 saturated carbocycles. The van der Waals surface area contributed by atoms with Crippen LogP contribution in [-0.4, -0.2) is 52.3 Å². The van der Waals surface area contributed by atoms with Gasteiger partial charge in [0, 0.05) is 17.9 Å². The highest BCUT2D eigenvalue weighted by Crippen LogP contribution is 2.29. The minimum Gasteiger partial charge on any atom is -0.468 e. The van der Waals surface area contributed by atoms with E-state index in [1.165, 1.54) is 39.6 Å². The Morgan fingerprint density at radius 3 is 1.45 bits per heavy atom. The summed E-state index contributed by atoms with van der Waals surface area (Å²) < 4.78 is 19.0. The van der Waals surface area contributed by atoms with Crippen LogP contribution in [0.1, 0.15) is 42.4 Å². The maximum atomic E-state index is 12.3. The summed E-state index contributed by atoms with van der Waals surface area (Å²) in [5, 5.41) is 3.42. The number of nitrogens with one attached hydrogen (secondary N) is 1. The van der Waals surface area contributed by atoms with E-state index in [0.29, 0.717) is 17.8 Å². The molecular weight excluding hydrogens is 672 g/mol. The smallest absolute Gasteiger partial charge is 0.321 e. The molecule has 0 heterocycles. The zero-order valence-electron chi connectivity index (χ0n) is 30.7. The zero-order chi connectivity index (χ0) is 38.8. The summed E-state index contributed by atoms with van der Waals surface area (Å²) in [5.41, 5.74) is 12.1. The van der Waals surface area contributed by atoms with Crippen LogP contribution < -0.4 is 11.1 Å². The molecule has 0 saturated heterocycles. The fourth-order valence-corrected chi connectivity index (χ4v) is 5.48. The monoisotopic (exact) mass is 716 g/mol. The molecule has 0 bridgehead atoms. The summed E-state index contributed by atoms with van der Waals surface area (Å²) in [6, 6.07) is 33.0. The Morgan fingerprint density at radius 2 is 1.02 bits per heavy atom. The highest BCUT2D eigenvalue weighted by atomic mass is 16.5. The molecule has 2 atom stereocenters. The fraction of sp³-hybridized carbons (Fsp3) is 0.256. The number of nitrogens with two attached hydrogens (primary N) is 1. The molecule has 10 heteroatoms. The molecule has 0 aromatic heterocycles. The standard InChI is InChI=1S/C28H27NO4.C15H17NO4/c1-4-9-25(26(27(30)32-2)28(31)33-3)22-14-16-24(17-15-22)29-19-20-10-8-13-23(18-20)21-11-6-5-7-12-21;1-4-5-12(10-6-8-11(16)9-7-10)13(14(17)19-2)15(18)20-3/h5-8,10-18,25-26,29H,19H2,1-3H3;6-9,12-13H,16H2,1-3H3. The van der Waals surface area contributed by atoms with Gasteiger partial charge in [0.1, 0.15) is 0 Å². The number of hydrogen-bond donors (Lipinski definition) is 2. The molecule has 3 N–H and O–H groups in total. The highest BCUT2D eigenvalue weighted by Gasteiger charge is 2.38. The van der Waals surface area contributed by atoms with Crippen molar-refractivity contribution in [2.24, 2.45) is 11.8 Å². The maximum Gasteiger partial charge on any atom is 0.321 e. The minimum absolute atomic E-state index is 0.588. The lowest BCUT2D eigenvalue weighted by Gasteiger charge is -2.20. The van der Waals surface area contributed by atoms with Crippen LogP contribution in [0.25, 0.3) is 11.1 Å². The van der Waals surface area contributed by atoms with Gasteiger partial charge >= 0.3 is 23.9 Å². The molecule has 0 fully saturated rings. The van der Waals surface area contributed by atoms with Crippen LogP contribution in [0.4, 0.5) is 11.4 Å². The second-order valence-electron chi connectivity index (χ2n) is 11.5. The molecule has 53 heavy (non-hydrogen) atoms. The first-order valence-corrected chi connectivity index (χ1v) is 16.6. The normalized spacial score (nSPS) is 11.2. The molecule has 0 amide bonds. The number of hydrogen-bond acceptors (Lipinski definition) is 10. The van der Waals surface area contributed by atoms with Crippen molar-refractivity contribution < 1.29 is 38.1 Å². The first kappa shape index (κ1) is 40.9. The molecule has 0 aliphatic rings. The van der Waals surface area contributed by atoms with Crippen LogP contribution in [0, 0.1) is 35.5 Å². The van der Waals surface area contributed by atoms with E-state index in [9.17, 15) is 19.2 Å². The van der Waals surface area contributed by atoms with Gasteiger partial charge in [-0.3, -0.25) is 19.2 Å². The Morgan fingerprint density at radius 1 is 0.585 bits per heavy atom. The molecule has 10 nitrogen and oxygen atoms in total. The molecular formula is C43H44N2O8. The molecule has 4 rings (SSSR count). The second kappa shape index (κ2) is 21.0. The van der Waals surface area contributed by atoms with E-state index >= 15 is 0 Å². The van der Waals surface area contributed by atoms with E-state index in [-0.39, 0.29) is 0 Å². The van der Waals surface area contributed by atoms with Crippen LogP contribution in [0.15, 0.2) is 103 Å². The number of methoxy groups -OCH3 is 4. The lowest BCUT2D eigenvalue weighted by atomic mass is 9.86. The van der Waals surface area contributed by atoms with Gasteiger partial charge in [0.05, 0.1) is 40.3 Å². The Kier molecular flexibility index (Phi) is 16.2. The predicted octanol–water partition coefficient (Wildman–Crippen LogP) is 6.37. The first-order valence-electron chi connectivity index (χ1n) is 16.6. The van der Waals surface area contributed by atoms with Gasteiger partial charge in [0.15, 0.2) is 11.8 Å². The number of esters is 4. The summed E-state index contributed by atoms with van der Waals surface area (Å²) in [5.74, 6) is 5.07. The zero-order valence-corrected chi connectivity index (χ0v) is 30.7. The van der Waals surface area contributed by atoms with E-state index in [1.807, 2.05) is 42.5 Å². The minimum atomic E-state index is -1.15. The number of nitrogen functional groups attached to an aromatic ring is 1. The van der Waals surface area contributed by atoms with Gasteiger partial charge in [0.2, 0.25) is 0 Å². The van der Waals surface area contributed by atoms with Crippen molar-refractivity contribution in [3.05, 3.63) is 120 Å². The third-order valence-electron chi connectivity index (χ3n) is 8.18. The van der Waals surface area contributed by atoms with Crippen molar-refractivity contribution in [1.82, 2.24) is 0 Å². The van der Waals surface area contributed by atoms with E-state index in [1.54, 1.807) is 38.1 Å². The van der Waals surface area contributed by atoms with Gasteiger partial charge in [-0.1, -0.05) is 84.6 Å². The number of benzene rings is 4. The fourth-order valence-electron chi connectivity index (χ4n) is 5.48. The van der Waals surface area contributed by atoms with Gasteiger partial charge in [-0.05, 0) is 72.0 Å². The van der Waals surface area contributed by atoms with Crippen molar-refractivity contribution in [3.8, 4) is 34.8 Å². The maximum absolute atomic E-state index is 12.3. The molecule has 0 radical (unpaired) electrons. The third-order valence-corrected chi connectivity index (χ3v) is 8.18. The number of rotatable bonds is 12. The van der Waals surface area contributed by atoms with E-state index in [2.05, 4.69) is 74.9 Å². The summed E-state index contributed by atoms with van der Waals surface area (Å²) in [6.07, 6.45) is 0. The summed E-state index contributed by atoms with van der Waals surface area (Å²) in [7, 11) is 4.93. The van der Waals surface area contributed by atoms with E-state index in [0.717, 1.165) is 16.8 Å². The van der Waals surface area contributed by atoms with Crippen molar-refractivity contribution in [1.29, 1.82) is 0 Å². The SMILES string of the molecule is CC#CC(c1ccc(N)cc1)C(C(=O)OC)C(=O)OC.CC#CC(c1ccc(NCc2cccc(-c3ccccc3)c2)cc1)C(C(=O)OC)C(=O)OC. The molecule has 0 aliphatic heterocycles. The Labute approximate surface area is 311 Å². The largest absolute Gasteiger partial charge is 0.468 e. The molecule has 4 aromatic carbocycles. The Balaban J connectivity index is 0.000000324. The number of ether oxygens (including phenoxy) is 4. The molecule has 2 unspecified atom stereocenters. The average Bonchev–Trinajstić information content (AvgIpc) is 3.20. The van der Waals surface area contributed by atoms with Crippen LogP contribution in [0.5, 0.6) is 0 Å². The van der Waals surface area contributed by atoms with E-state index < -0.39 is 47.5 Å². The van der Waals surface area contributed by atoms with Gasteiger partial charge in [-0.2, -0.15) is 0 Å². The first-order chi connectivity index (χ1) is 25.6. The number of anilines is 2. The Hall–Kier alpha value is -6.52. The predicted molar refractivity (Wildman–Crippen MR) is 204 cm³/mol. The molecule has 0 spiro atoms. The van der Waals surface area contributed by atoms with Gasteiger partial charge < -0.3 is 30.0 Å². The van der Waals surface area contributed by atoms with Gasteiger partial charge in [0.25, 0.3) is 0 Å². The lowest BCUT2D eigenvalue weighted by Crippen LogP contribution is -2.31. The lowest BCUT2D eigenvalue weighted by molar-refractivity contribution is -0.161. The molecule has 0 aliphatic carbocycles. The van der Waals surface area contributed by atoms with Crippen molar-refractivity contribution in [2.45, 2.75) is 32.2 Å². The molecule has 274 valence electrons. The van der Waals surface area contributed by atoms with Crippen LogP contribution in [-0.2, 0) is 44.7 Å². The van der Waals surface area contributed by atoms with Crippen molar-refractivity contribution in [3.63, 3.8) is 0 Å². The number of carbonyl (C=O) groups excluding carboxylic acids is 4. The third kappa shape index (κ3) is 11.5. The average molecular weight is 717 g/mol. The van der Waals surface area contributed by atoms with E-state index in [4.69, 9.17) is 15.2 Å². The summed E-state index contributed by atoms with van der Waals surface area (Å²) in [6.45, 7) is 3.96. The van der Waals surface area contributed by atoms with Gasteiger partial charge in [-0.15, -0.1) is 11.8 Å². The van der Waals surface area contributed by atoms with Crippen LogP contribution >= 0.6 is 0 Å². The van der Waals surface area contributed by atoms with Crippen molar-refractivity contribution in [2.75, 3.05) is 39.5 Å².